The van der Waals surface area contributed by atoms with Crippen molar-refractivity contribution in [2.45, 2.75) is 6.54 Å². The fraction of sp³-hybridized carbons (Fsp3) is 0.118. The molecule has 0 bridgehead atoms. The summed E-state index contributed by atoms with van der Waals surface area (Å²) in [5.41, 5.74) is 2.15. The molecule has 0 fully saturated rings. The van der Waals surface area contributed by atoms with E-state index >= 15 is 0 Å². The first kappa shape index (κ1) is 15.8. The van der Waals surface area contributed by atoms with Gasteiger partial charge in [-0.15, -0.1) is 6.58 Å². The van der Waals surface area contributed by atoms with Crippen LogP contribution in [0.15, 0.2) is 69.7 Å². The molecule has 23 heavy (non-hydrogen) atoms. The minimum atomic E-state index is 0.406. The highest BCUT2D eigenvalue weighted by atomic mass is 79.9. The van der Waals surface area contributed by atoms with Crippen LogP contribution in [0.5, 0.6) is 0 Å². The largest absolute Gasteiger partial charge is 0.357 e. The fourth-order valence-corrected chi connectivity index (χ4v) is 2.89. The van der Waals surface area contributed by atoms with Gasteiger partial charge in [-0.3, -0.25) is 0 Å². The van der Waals surface area contributed by atoms with Gasteiger partial charge in [-0.25, -0.2) is 9.98 Å². The van der Waals surface area contributed by atoms with Gasteiger partial charge >= 0.3 is 0 Å². The zero-order valence-corrected chi connectivity index (χ0v) is 14.8. The van der Waals surface area contributed by atoms with E-state index in [0.717, 1.165) is 28.0 Å². The summed E-state index contributed by atoms with van der Waals surface area (Å²) < 4.78 is 1.01. The molecule has 1 aromatic rings. The monoisotopic (exact) mass is 386 g/mol. The Morgan fingerprint density at radius 2 is 2.26 bits per heavy atom. The van der Waals surface area contributed by atoms with Crippen LogP contribution in [0, 0.1) is 0 Å². The molecule has 0 saturated carbocycles. The molecule has 3 rings (SSSR count). The maximum absolute atomic E-state index is 5.27. The van der Waals surface area contributed by atoms with E-state index < -0.39 is 0 Å². The van der Waals surface area contributed by atoms with E-state index in [9.17, 15) is 0 Å². The number of nitrogens with zero attached hydrogens (tertiary/aromatic N) is 3. The summed E-state index contributed by atoms with van der Waals surface area (Å²) in [6, 6.07) is 8.12. The Balaban J connectivity index is 2.04. The van der Waals surface area contributed by atoms with E-state index in [-0.39, 0.29) is 0 Å². The third-order valence-electron chi connectivity index (χ3n) is 3.39. The van der Waals surface area contributed by atoms with Crippen molar-refractivity contribution in [3.8, 4) is 0 Å². The minimum absolute atomic E-state index is 0.406. The van der Waals surface area contributed by atoms with Crippen LogP contribution in [0.3, 0.4) is 0 Å². The number of halogens is 1. The highest BCUT2D eigenvalue weighted by molar-refractivity contribution is 9.11. The quantitative estimate of drug-likeness (QED) is 0.624. The molecule has 1 N–H and O–H groups in total. The molecule has 0 spiro atoms. The summed E-state index contributed by atoms with van der Waals surface area (Å²) in [4.78, 5) is 11.3. The number of amidine groups is 2. The molecule has 0 radical (unpaired) electrons. The van der Waals surface area contributed by atoms with Crippen LogP contribution >= 0.6 is 28.1 Å². The van der Waals surface area contributed by atoms with Gasteiger partial charge in [-0.1, -0.05) is 30.3 Å². The molecule has 2 heterocycles. The van der Waals surface area contributed by atoms with Gasteiger partial charge in [0.1, 0.15) is 5.84 Å². The number of benzene rings is 1. The minimum Gasteiger partial charge on any atom is -0.357 e. The molecule has 0 saturated heterocycles. The van der Waals surface area contributed by atoms with Crippen LogP contribution in [-0.4, -0.2) is 28.2 Å². The Morgan fingerprint density at radius 3 is 3.09 bits per heavy atom. The van der Waals surface area contributed by atoms with Gasteiger partial charge in [0.15, 0.2) is 10.9 Å². The van der Waals surface area contributed by atoms with Gasteiger partial charge in [0.05, 0.1) is 0 Å². The second-order valence-electron chi connectivity index (χ2n) is 5.01. The van der Waals surface area contributed by atoms with Crippen LogP contribution in [0.25, 0.3) is 0 Å². The predicted octanol–water partition coefficient (Wildman–Crippen LogP) is 3.51. The van der Waals surface area contributed by atoms with Crippen LogP contribution in [0.2, 0.25) is 0 Å². The lowest BCUT2D eigenvalue weighted by atomic mass is 10.1. The molecular formula is C17H15BrN4S. The van der Waals surface area contributed by atoms with Crippen molar-refractivity contribution in [1.29, 1.82) is 0 Å². The first-order valence-electron chi connectivity index (χ1n) is 7.14. The maximum atomic E-state index is 5.27. The van der Waals surface area contributed by atoms with E-state index in [1.54, 1.807) is 6.08 Å². The van der Waals surface area contributed by atoms with E-state index in [1.807, 2.05) is 36.6 Å². The van der Waals surface area contributed by atoms with Gasteiger partial charge in [0.2, 0.25) is 0 Å². The SMILES string of the molecule is C=CCNC(=S)N=C1N=C2C=CC(Br)=CN2Cc2ccccc21. The number of aliphatic imine (C=N–C) groups is 2. The van der Waals surface area contributed by atoms with Crippen molar-refractivity contribution < 1.29 is 0 Å². The second kappa shape index (κ2) is 7.02. The van der Waals surface area contributed by atoms with Crippen molar-refractivity contribution in [3.05, 3.63) is 70.9 Å². The van der Waals surface area contributed by atoms with Gasteiger partial charge in [0.25, 0.3) is 0 Å². The maximum Gasteiger partial charge on any atom is 0.195 e. The van der Waals surface area contributed by atoms with E-state index in [2.05, 4.69) is 43.8 Å². The lowest BCUT2D eigenvalue weighted by Crippen LogP contribution is -2.25. The summed E-state index contributed by atoms with van der Waals surface area (Å²) in [7, 11) is 0. The number of nitrogens with one attached hydrogen (secondary N) is 1. The van der Waals surface area contributed by atoms with E-state index in [1.165, 1.54) is 0 Å². The van der Waals surface area contributed by atoms with Gasteiger partial charge in [0, 0.05) is 29.3 Å². The number of hydrogen-bond donors (Lipinski definition) is 1. The third kappa shape index (κ3) is 3.65. The van der Waals surface area contributed by atoms with Crippen LogP contribution < -0.4 is 5.32 Å². The van der Waals surface area contributed by atoms with Crippen molar-refractivity contribution >= 4 is 44.9 Å². The van der Waals surface area contributed by atoms with Gasteiger partial charge < -0.3 is 10.2 Å². The van der Waals surface area contributed by atoms with E-state index in [0.29, 0.717) is 17.5 Å². The second-order valence-corrected chi connectivity index (χ2v) is 6.31. The van der Waals surface area contributed by atoms with Crippen molar-refractivity contribution in [1.82, 2.24) is 10.2 Å². The highest BCUT2D eigenvalue weighted by Crippen LogP contribution is 2.23. The van der Waals surface area contributed by atoms with Crippen LogP contribution in [0.1, 0.15) is 11.1 Å². The molecule has 0 aromatic heterocycles. The molecule has 2 aliphatic heterocycles. The Kier molecular flexibility index (Phi) is 4.83. The number of rotatable bonds is 2. The smallest absolute Gasteiger partial charge is 0.195 e. The Bertz CT molecular complexity index is 777. The molecule has 6 heteroatoms. The molecule has 1 aromatic carbocycles. The first-order chi connectivity index (χ1) is 11.2. The lowest BCUT2D eigenvalue weighted by Gasteiger charge is -2.21. The van der Waals surface area contributed by atoms with Gasteiger partial charge in [-0.2, -0.15) is 0 Å². The standard InChI is InChI=1S/C17H15BrN4S/c1-2-9-19-17(23)21-16-14-6-4-3-5-12(14)10-22-11-13(18)7-8-15(22)20-16/h2-8,11H,1,9-10H2,(H,19,23). The van der Waals surface area contributed by atoms with Crippen LogP contribution in [0.4, 0.5) is 0 Å². The topological polar surface area (TPSA) is 40.0 Å². The summed E-state index contributed by atoms with van der Waals surface area (Å²) in [6.45, 7) is 4.98. The lowest BCUT2D eigenvalue weighted by molar-refractivity contribution is 0.555. The zero-order valence-electron chi connectivity index (χ0n) is 12.4. The summed E-state index contributed by atoms with van der Waals surface area (Å²) in [5.74, 6) is 1.46. The summed E-state index contributed by atoms with van der Waals surface area (Å²) in [5, 5.41) is 3.42. The molecule has 0 aliphatic carbocycles. The number of allylic oxidation sites excluding steroid dienone is 2. The average molecular weight is 387 g/mol. The average Bonchev–Trinajstić information content (AvgIpc) is 2.69. The fourth-order valence-electron chi connectivity index (χ4n) is 2.35. The van der Waals surface area contributed by atoms with Crippen molar-refractivity contribution in [2.75, 3.05) is 6.54 Å². The van der Waals surface area contributed by atoms with E-state index in [4.69, 9.17) is 17.2 Å². The summed E-state index contributed by atoms with van der Waals surface area (Å²) in [6.07, 6.45) is 7.70. The highest BCUT2D eigenvalue weighted by Gasteiger charge is 2.21. The molecule has 0 amide bonds. The zero-order chi connectivity index (χ0) is 16.2. The molecule has 116 valence electrons. The normalized spacial score (nSPS) is 17.6. The van der Waals surface area contributed by atoms with Crippen LogP contribution in [-0.2, 0) is 6.54 Å². The third-order valence-corrected chi connectivity index (χ3v) is 4.09. The molecule has 2 aliphatic rings. The Morgan fingerprint density at radius 1 is 1.43 bits per heavy atom. The number of thiocarbonyl (C=S) groups is 1. The molecular weight excluding hydrogens is 372 g/mol. The predicted molar refractivity (Wildman–Crippen MR) is 103 cm³/mol. The van der Waals surface area contributed by atoms with Crippen molar-refractivity contribution in [2.24, 2.45) is 9.98 Å². The number of hydrogen-bond acceptors (Lipinski definition) is 2. The van der Waals surface area contributed by atoms with Gasteiger partial charge in [-0.05, 0) is 45.9 Å². The molecule has 0 atom stereocenters. The number of fused-ring (bicyclic) bond motifs is 2. The molecule has 0 unspecified atom stereocenters. The molecule has 4 nitrogen and oxygen atoms in total. The van der Waals surface area contributed by atoms with Crippen molar-refractivity contribution in [3.63, 3.8) is 0 Å². The Labute approximate surface area is 149 Å². The first-order valence-corrected chi connectivity index (χ1v) is 8.34. The summed E-state index contributed by atoms with van der Waals surface area (Å²) >= 11 is 8.78. The Hall–Kier alpha value is -2.05.